The Morgan fingerprint density at radius 2 is 2.00 bits per heavy atom. The van der Waals surface area contributed by atoms with Crippen LogP contribution in [0, 0.1) is 5.92 Å². The van der Waals surface area contributed by atoms with Crippen LogP contribution in [-0.2, 0) is 9.59 Å². The van der Waals surface area contributed by atoms with Crippen molar-refractivity contribution in [1.82, 2.24) is 10.6 Å². The van der Waals surface area contributed by atoms with Crippen LogP contribution in [0.1, 0.15) is 39.0 Å². The molecule has 1 unspecified atom stereocenters. The normalized spacial score (nSPS) is 17.8. The first-order chi connectivity index (χ1) is 8.13. The van der Waals surface area contributed by atoms with Gasteiger partial charge in [-0.05, 0) is 19.8 Å². The third-order valence-electron chi connectivity index (χ3n) is 3.06. The first kappa shape index (κ1) is 14.0. The number of amides is 2. The molecule has 1 rings (SSSR count). The highest BCUT2D eigenvalue weighted by molar-refractivity contribution is 5.80. The second-order valence-electron chi connectivity index (χ2n) is 4.67. The lowest BCUT2D eigenvalue weighted by atomic mass is 10.1. The van der Waals surface area contributed by atoms with E-state index in [1.165, 1.54) is 0 Å². The van der Waals surface area contributed by atoms with Gasteiger partial charge < -0.3 is 15.7 Å². The molecular formula is C12H22N2O3. The van der Waals surface area contributed by atoms with E-state index in [2.05, 4.69) is 10.6 Å². The lowest BCUT2D eigenvalue weighted by Gasteiger charge is -2.12. The zero-order chi connectivity index (χ0) is 12.7. The van der Waals surface area contributed by atoms with Crippen molar-refractivity contribution in [2.75, 3.05) is 13.2 Å². The monoisotopic (exact) mass is 242 g/mol. The van der Waals surface area contributed by atoms with Crippen molar-refractivity contribution in [1.29, 1.82) is 0 Å². The van der Waals surface area contributed by atoms with Gasteiger partial charge in [0.05, 0.1) is 6.61 Å². The average Bonchev–Trinajstić information content (AvgIpc) is 2.82. The molecule has 0 spiro atoms. The maximum absolute atomic E-state index is 11.6. The molecule has 0 heterocycles. The summed E-state index contributed by atoms with van der Waals surface area (Å²) in [6, 6.07) is -0.229. The van der Waals surface area contributed by atoms with E-state index < -0.39 is 0 Å². The van der Waals surface area contributed by atoms with E-state index in [1.54, 1.807) is 6.92 Å². The summed E-state index contributed by atoms with van der Waals surface area (Å²) in [5.74, 6) is 0.0817. The second-order valence-corrected chi connectivity index (χ2v) is 4.67. The highest BCUT2D eigenvalue weighted by Crippen LogP contribution is 2.24. The number of carbonyl (C=O) groups is 2. The van der Waals surface area contributed by atoms with Gasteiger partial charge in [0.2, 0.25) is 11.8 Å². The van der Waals surface area contributed by atoms with Gasteiger partial charge in [0.1, 0.15) is 0 Å². The van der Waals surface area contributed by atoms with Crippen molar-refractivity contribution < 1.29 is 14.7 Å². The van der Waals surface area contributed by atoms with Gasteiger partial charge in [0.25, 0.3) is 0 Å². The predicted molar refractivity (Wildman–Crippen MR) is 64.3 cm³/mol. The van der Waals surface area contributed by atoms with Crippen molar-refractivity contribution in [3.63, 3.8) is 0 Å². The van der Waals surface area contributed by atoms with E-state index in [0.29, 0.717) is 6.54 Å². The predicted octanol–water partition coefficient (Wildman–Crippen LogP) is 0.180. The molecule has 2 amide bonds. The minimum absolute atomic E-state index is 0.0693. The highest BCUT2D eigenvalue weighted by Gasteiger charge is 2.22. The molecule has 0 aliphatic heterocycles. The molecule has 0 saturated heterocycles. The lowest BCUT2D eigenvalue weighted by Crippen LogP contribution is -2.38. The number of rotatable bonds is 6. The van der Waals surface area contributed by atoms with Crippen molar-refractivity contribution in [2.24, 2.45) is 5.92 Å². The van der Waals surface area contributed by atoms with Gasteiger partial charge in [0.15, 0.2) is 0 Å². The molecular weight excluding hydrogens is 220 g/mol. The molecule has 3 N–H and O–H groups in total. The Morgan fingerprint density at radius 1 is 1.35 bits per heavy atom. The number of aliphatic hydroxyl groups is 1. The molecule has 1 atom stereocenters. The number of aliphatic hydroxyl groups excluding tert-OH is 1. The topological polar surface area (TPSA) is 78.4 Å². The summed E-state index contributed by atoms with van der Waals surface area (Å²) in [7, 11) is 0. The summed E-state index contributed by atoms with van der Waals surface area (Å²) >= 11 is 0. The van der Waals surface area contributed by atoms with Gasteiger partial charge in [-0.25, -0.2) is 0 Å². The quantitative estimate of drug-likeness (QED) is 0.621. The Kier molecular flexibility index (Phi) is 5.97. The molecule has 5 nitrogen and oxygen atoms in total. The van der Waals surface area contributed by atoms with Crippen LogP contribution in [0.2, 0.25) is 0 Å². The van der Waals surface area contributed by atoms with Gasteiger partial charge in [-0.1, -0.05) is 12.8 Å². The molecule has 1 aliphatic carbocycles. The lowest BCUT2D eigenvalue weighted by molar-refractivity contribution is -0.125. The smallest absolute Gasteiger partial charge is 0.223 e. The fourth-order valence-electron chi connectivity index (χ4n) is 2.02. The maximum atomic E-state index is 11.6. The van der Waals surface area contributed by atoms with Crippen LogP contribution in [-0.4, -0.2) is 36.1 Å². The van der Waals surface area contributed by atoms with Crippen molar-refractivity contribution in [3.05, 3.63) is 0 Å². The molecule has 1 saturated carbocycles. The van der Waals surface area contributed by atoms with Crippen LogP contribution >= 0.6 is 0 Å². The minimum atomic E-state index is -0.229. The number of carbonyl (C=O) groups excluding carboxylic acids is 2. The summed E-state index contributed by atoms with van der Waals surface area (Å²) < 4.78 is 0. The summed E-state index contributed by atoms with van der Waals surface area (Å²) in [6.07, 6.45) is 4.47. The molecule has 0 aromatic heterocycles. The molecule has 0 aromatic rings. The maximum Gasteiger partial charge on any atom is 0.223 e. The van der Waals surface area contributed by atoms with E-state index >= 15 is 0 Å². The average molecular weight is 242 g/mol. The van der Waals surface area contributed by atoms with E-state index in [9.17, 15) is 9.59 Å². The first-order valence-electron chi connectivity index (χ1n) is 6.31. The first-order valence-corrected chi connectivity index (χ1v) is 6.31. The summed E-state index contributed by atoms with van der Waals surface area (Å²) in [5, 5.41) is 14.2. The number of nitrogens with one attached hydrogen (secondary N) is 2. The molecule has 1 aliphatic rings. The van der Waals surface area contributed by atoms with Crippen molar-refractivity contribution >= 4 is 11.8 Å². The van der Waals surface area contributed by atoms with E-state index in [0.717, 1.165) is 25.7 Å². The molecule has 1 fully saturated rings. The molecule has 0 radical (unpaired) electrons. The van der Waals surface area contributed by atoms with Crippen molar-refractivity contribution in [3.8, 4) is 0 Å². The van der Waals surface area contributed by atoms with Crippen molar-refractivity contribution in [2.45, 2.75) is 45.1 Å². The van der Waals surface area contributed by atoms with Crippen LogP contribution in [0.4, 0.5) is 0 Å². The Hall–Kier alpha value is -1.10. The minimum Gasteiger partial charge on any atom is -0.394 e. The Labute approximate surface area is 102 Å². The second kappa shape index (κ2) is 7.27. The molecule has 0 aromatic carbocycles. The zero-order valence-corrected chi connectivity index (χ0v) is 10.4. The number of hydrogen-bond acceptors (Lipinski definition) is 3. The van der Waals surface area contributed by atoms with Gasteiger partial charge in [-0.15, -0.1) is 0 Å². The molecule has 17 heavy (non-hydrogen) atoms. The SMILES string of the molecule is CC(CO)NC(=O)CCNC(=O)C1CCCC1. The summed E-state index contributed by atoms with van der Waals surface area (Å²) in [5.41, 5.74) is 0. The molecule has 98 valence electrons. The van der Waals surface area contributed by atoms with E-state index in [4.69, 9.17) is 5.11 Å². The fourth-order valence-corrected chi connectivity index (χ4v) is 2.02. The van der Waals surface area contributed by atoms with Crippen LogP contribution < -0.4 is 10.6 Å². The van der Waals surface area contributed by atoms with Crippen LogP contribution in [0.3, 0.4) is 0 Å². The summed E-state index contributed by atoms with van der Waals surface area (Å²) in [6.45, 7) is 2.04. The van der Waals surface area contributed by atoms with Gasteiger partial charge >= 0.3 is 0 Å². The Balaban J connectivity index is 2.10. The van der Waals surface area contributed by atoms with E-state index in [-0.39, 0.29) is 36.8 Å². The summed E-state index contributed by atoms with van der Waals surface area (Å²) in [4.78, 5) is 23.0. The van der Waals surface area contributed by atoms with Gasteiger partial charge in [-0.2, -0.15) is 0 Å². The largest absolute Gasteiger partial charge is 0.394 e. The number of hydrogen-bond donors (Lipinski definition) is 3. The highest BCUT2D eigenvalue weighted by atomic mass is 16.3. The Bertz CT molecular complexity index is 262. The molecule has 5 heteroatoms. The van der Waals surface area contributed by atoms with E-state index in [1.807, 2.05) is 0 Å². The van der Waals surface area contributed by atoms with Crippen LogP contribution in [0.15, 0.2) is 0 Å². The fraction of sp³-hybridized carbons (Fsp3) is 0.833. The third-order valence-corrected chi connectivity index (χ3v) is 3.06. The van der Waals surface area contributed by atoms with Crippen LogP contribution in [0.25, 0.3) is 0 Å². The zero-order valence-electron chi connectivity index (χ0n) is 10.4. The third kappa shape index (κ3) is 5.17. The van der Waals surface area contributed by atoms with Gasteiger partial charge in [0, 0.05) is 24.9 Å². The van der Waals surface area contributed by atoms with Gasteiger partial charge in [-0.3, -0.25) is 9.59 Å². The molecule has 0 bridgehead atoms. The Morgan fingerprint density at radius 3 is 2.59 bits per heavy atom. The standard InChI is InChI=1S/C12H22N2O3/c1-9(8-15)14-11(16)6-7-13-12(17)10-4-2-3-5-10/h9-10,15H,2-8H2,1H3,(H,13,17)(H,14,16). The van der Waals surface area contributed by atoms with Crippen LogP contribution in [0.5, 0.6) is 0 Å².